The number of rotatable bonds is 5. The van der Waals surface area contributed by atoms with Gasteiger partial charge in [0.1, 0.15) is 11.6 Å². The SMILES string of the molecule is C#CCCCOc1ccc(C(=O)O)c(F)c1. The van der Waals surface area contributed by atoms with Gasteiger partial charge in [-0.2, -0.15) is 0 Å². The molecule has 0 aliphatic carbocycles. The van der Waals surface area contributed by atoms with E-state index in [9.17, 15) is 9.18 Å². The molecule has 0 saturated heterocycles. The molecule has 0 aromatic heterocycles. The lowest BCUT2D eigenvalue weighted by Crippen LogP contribution is -2.02. The summed E-state index contributed by atoms with van der Waals surface area (Å²) in [5.41, 5.74) is -0.365. The standard InChI is InChI=1S/C12H11FO3/c1-2-3-4-7-16-9-5-6-10(12(14)15)11(13)8-9/h1,5-6,8H,3-4,7H2,(H,14,15). The van der Waals surface area contributed by atoms with E-state index in [1.165, 1.54) is 12.1 Å². The maximum absolute atomic E-state index is 13.2. The van der Waals surface area contributed by atoms with E-state index >= 15 is 0 Å². The van der Waals surface area contributed by atoms with E-state index in [4.69, 9.17) is 16.3 Å². The summed E-state index contributed by atoms with van der Waals surface area (Å²) < 4.78 is 18.4. The highest BCUT2D eigenvalue weighted by atomic mass is 19.1. The van der Waals surface area contributed by atoms with Gasteiger partial charge in [-0.3, -0.25) is 0 Å². The summed E-state index contributed by atoms with van der Waals surface area (Å²) in [7, 11) is 0. The Morgan fingerprint density at radius 2 is 2.31 bits per heavy atom. The number of benzene rings is 1. The van der Waals surface area contributed by atoms with Crippen molar-refractivity contribution in [1.29, 1.82) is 0 Å². The van der Waals surface area contributed by atoms with Gasteiger partial charge in [-0.25, -0.2) is 9.18 Å². The number of unbranched alkanes of at least 4 members (excludes halogenated alkanes) is 1. The molecule has 1 rings (SSSR count). The van der Waals surface area contributed by atoms with Gasteiger partial charge in [-0.05, 0) is 18.6 Å². The number of carboxylic acid groups (broad SMARTS) is 1. The van der Waals surface area contributed by atoms with Crippen molar-refractivity contribution in [3.63, 3.8) is 0 Å². The van der Waals surface area contributed by atoms with Crippen molar-refractivity contribution in [2.24, 2.45) is 0 Å². The number of carbonyl (C=O) groups is 1. The van der Waals surface area contributed by atoms with E-state index in [0.29, 0.717) is 25.2 Å². The Morgan fingerprint density at radius 3 is 2.88 bits per heavy atom. The third-order valence-electron chi connectivity index (χ3n) is 1.91. The second-order valence-corrected chi connectivity index (χ2v) is 3.10. The Bertz CT molecular complexity index is 421. The molecule has 1 aromatic carbocycles. The Hall–Kier alpha value is -2.02. The van der Waals surface area contributed by atoms with Crippen molar-refractivity contribution in [3.05, 3.63) is 29.6 Å². The molecule has 4 heteroatoms. The lowest BCUT2D eigenvalue weighted by Gasteiger charge is -2.05. The van der Waals surface area contributed by atoms with Gasteiger partial charge in [0, 0.05) is 12.5 Å². The number of terminal acetylenes is 1. The van der Waals surface area contributed by atoms with Crippen molar-refractivity contribution < 1.29 is 19.0 Å². The van der Waals surface area contributed by atoms with Gasteiger partial charge in [0.25, 0.3) is 0 Å². The minimum Gasteiger partial charge on any atom is -0.493 e. The van der Waals surface area contributed by atoms with E-state index in [-0.39, 0.29) is 5.56 Å². The molecule has 84 valence electrons. The Labute approximate surface area is 92.9 Å². The lowest BCUT2D eigenvalue weighted by molar-refractivity contribution is 0.0692. The van der Waals surface area contributed by atoms with Crippen molar-refractivity contribution in [1.82, 2.24) is 0 Å². The van der Waals surface area contributed by atoms with Crippen LogP contribution in [-0.2, 0) is 0 Å². The van der Waals surface area contributed by atoms with Crippen LogP contribution in [0, 0.1) is 18.2 Å². The highest BCUT2D eigenvalue weighted by Gasteiger charge is 2.10. The quantitative estimate of drug-likeness (QED) is 0.614. The van der Waals surface area contributed by atoms with Crippen LogP contribution < -0.4 is 4.74 Å². The molecule has 16 heavy (non-hydrogen) atoms. The van der Waals surface area contributed by atoms with E-state index < -0.39 is 11.8 Å². The zero-order chi connectivity index (χ0) is 12.0. The second kappa shape index (κ2) is 5.76. The zero-order valence-corrected chi connectivity index (χ0v) is 8.57. The molecule has 0 aliphatic rings. The van der Waals surface area contributed by atoms with Crippen LogP contribution in [0.25, 0.3) is 0 Å². The number of aromatic carboxylic acids is 1. The molecule has 0 atom stereocenters. The predicted octanol–water partition coefficient (Wildman–Crippen LogP) is 2.32. The average Bonchev–Trinajstić information content (AvgIpc) is 2.24. The maximum Gasteiger partial charge on any atom is 0.338 e. The van der Waals surface area contributed by atoms with Crippen LogP contribution >= 0.6 is 0 Å². The van der Waals surface area contributed by atoms with Crippen molar-refractivity contribution in [2.75, 3.05) is 6.61 Å². The van der Waals surface area contributed by atoms with Crippen molar-refractivity contribution in [2.45, 2.75) is 12.8 Å². The summed E-state index contributed by atoms with van der Waals surface area (Å²) in [6.45, 7) is 0.385. The van der Waals surface area contributed by atoms with Gasteiger partial charge in [-0.1, -0.05) is 0 Å². The first kappa shape index (κ1) is 12.1. The van der Waals surface area contributed by atoms with E-state index in [0.717, 1.165) is 6.07 Å². The van der Waals surface area contributed by atoms with Crippen LogP contribution in [0.2, 0.25) is 0 Å². The number of hydrogen-bond donors (Lipinski definition) is 1. The van der Waals surface area contributed by atoms with Crippen LogP contribution in [0.3, 0.4) is 0 Å². The fraction of sp³-hybridized carbons (Fsp3) is 0.250. The molecular formula is C12H11FO3. The monoisotopic (exact) mass is 222 g/mol. The van der Waals surface area contributed by atoms with Crippen molar-refractivity contribution in [3.8, 4) is 18.1 Å². The summed E-state index contributed by atoms with van der Waals surface area (Å²) in [5, 5.41) is 8.60. The smallest absolute Gasteiger partial charge is 0.338 e. The Balaban J connectivity index is 2.60. The number of carboxylic acids is 1. The Morgan fingerprint density at radius 1 is 1.56 bits per heavy atom. The molecule has 3 nitrogen and oxygen atoms in total. The molecule has 0 unspecified atom stereocenters. The van der Waals surface area contributed by atoms with Crippen LogP contribution in [0.4, 0.5) is 4.39 Å². The highest BCUT2D eigenvalue weighted by molar-refractivity contribution is 5.88. The first-order chi connectivity index (χ1) is 7.65. The third-order valence-corrected chi connectivity index (χ3v) is 1.91. The van der Waals surface area contributed by atoms with E-state index in [2.05, 4.69) is 5.92 Å². The fourth-order valence-electron chi connectivity index (χ4n) is 1.12. The summed E-state index contributed by atoms with van der Waals surface area (Å²) in [6.07, 6.45) is 6.33. The first-order valence-corrected chi connectivity index (χ1v) is 4.74. The molecule has 0 saturated carbocycles. The molecule has 0 aliphatic heterocycles. The molecule has 0 radical (unpaired) electrons. The van der Waals surface area contributed by atoms with Gasteiger partial charge >= 0.3 is 5.97 Å². The molecule has 0 amide bonds. The molecule has 0 fully saturated rings. The average molecular weight is 222 g/mol. The van der Waals surface area contributed by atoms with Gasteiger partial charge in [0.05, 0.1) is 12.2 Å². The number of hydrogen-bond acceptors (Lipinski definition) is 2. The predicted molar refractivity (Wildman–Crippen MR) is 56.9 cm³/mol. The van der Waals surface area contributed by atoms with E-state index in [1.807, 2.05) is 0 Å². The van der Waals surface area contributed by atoms with Gasteiger partial charge in [-0.15, -0.1) is 12.3 Å². The topological polar surface area (TPSA) is 46.5 Å². The summed E-state index contributed by atoms with van der Waals surface area (Å²) in [5.74, 6) is 0.664. The molecule has 0 bridgehead atoms. The fourth-order valence-corrected chi connectivity index (χ4v) is 1.12. The van der Waals surface area contributed by atoms with Crippen LogP contribution in [-0.4, -0.2) is 17.7 Å². The second-order valence-electron chi connectivity index (χ2n) is 3.10. The normalized spacial score (nSPS) is 9.50. The van der Waals surface area contributed by atoms with Crippen LogP contribution in [0.15, 0.2) is 18.2 Å². The molecular weight excluding hydrogens is 211 g/mol. The summed E-state index contributed by atoms with van der Waals surface area (Å²) in [6, 6.07) is 3.65. The highest BCUT2D eigenvalue weighted by Crippen LogP contribution is 2.16. The number of ether oxygens (including phenoxy) is 1. The largest absolute Gasteiger partial charge is 0.493 e. The summed E-state index contributed by atoms with van der Waals surface area (Å²) in [4.78, 5) is 10.5. The Kier molecular flexibility index (Phi) is 4.34. The first-order valence-electron chi connectivity index (χ1n) is 4.74. The third kappa shape index (κ3) is 3.28. The minimum absolute atomic E-state index is 0.305. The number of halogens is 1. The van der Waals surface area contributed by atoms with Crippen molar-refractivity contribution >= 4 is 5.97 Å². The van der Waals surface area contributed by atoms with Gasteiger partial charge in [0.15, 0.2) is 0 Å². The van der Waals surface area contributed by atoms with Gasteiger partial charge < -0.3 is 9.84 Å². The molecule has 0 spiro atoms. The zero-order valence-electron chi connectivity index (χ0n) is 8.57. The molecule has 1 N–H and O–H groups in total. The minimum atomic E-state index is -1.30. The maximum atomic E-state index is 13.2. The lowest BCUT2D eigenvalue weighted by atomic mass is 10.2. The van der Waals surface area contributed by atoms with Crippen LogP contribution in [0.5, 0.6) is 5.75 Å². The van der Waals surface area contributed by atoms with Gasteiger partial charge in [0.2, 0.25) is 0 Å². The summed E-state index contributed by atoms with van der Waals surface area (Å²) >= 11 is 0. The molecule has 1 aromatic rings. The molecule has 0 heterocycles. The van der Waals surface area contributed by atoms with Crippen LogP contribution in [0.1, 0.15) is 23.2 Å². The van der Waals surface area contributed by atoms with E-state index in [1.54, 1.807) is 0 Å².